The summed E-state index contributed by atoms with van der Waals surface area (Å²) >= 11 is 0. The van der Waals surface area contributed by atoms with E-state index in [1.54, 1.807) is 84.9 Å². The van der Waals surface area contributed by atoms with Crippen molar-refractivity contribution in [3.8, 4) is 0 Å². The number of rotatable bonds is 27. The molecular weight excluding hydrogens is 1200 g/mol. The van der Waals surface area contributed by atoms with Crippen LogP contribution in [-0.4, -0.2) is 154 Å². The number of ether oxygens (including phenoxy) is 14. The molecule has 3 aliphatic heterocycles. The number of azide groups is 1. The van der Waals surface area contributed by atoms with Crippen LogP contribution in [0.1, 0.15) is 65.0 Å². The molecule has 0 amide bonds. The molecule has 0 spiro atoms. The smallest absolute Gasteiger partial charge is 0.338 e. The molecular formula is C70H69N3O20. The summed E-state index contributed by atoms with van der Waals surface area (Å²) in [4.78, 5) is 73.9. The van der Waals surface area contributed by atoms with Crippen LogP contribution in [0.5, 0.6) is 0 Å². The molecule has 3 heterocycles. The molecule has 93 heavy (non-hydrogen) atoms. The van der Waals surface area contributed by atoms with Gasteiger partial charge in [0.2, 0.25) is 0 Å². The summed E-state index contributed by atoms with van der Waals surface area (Å²) in [5, 5.41) is 15.5. The van der Waals surface area contributed by atoms with Gasteiger partial charge in [-0.15, -0.1) is 0 Å². The number of aliphatic hydroxyl groups excluding tert-OH is 1. The van der Waals surface area contributed by atoms with Crippen LogP contribution in [-0.2, 0) is 90.9 Å². The summed E-state index contributed by atoms with van der Waals surface area (Å²) in [5.41, 5.74) is 13.0. The van der Waals surface area contributed by atoms with Gasteiger partial charge >= 0.3 is 29.8 Å². The monoisotopic (exact) mass is 1270 g/mol. The van der Waals surface area contributed by atoms with Crippen molar-refractivity contribution in [3.63, 3.8) is 0 Å². The fourth-order valence-corrected chi connectivity index (χ4v) is 10.9. The molecule has 1 N–H and O–H groups in total. The van der Waals surface area contributed by atoms with Crippen molar-refractivity contribution in [1.29, 1.82) is 0 Å². The molecule has 10 rings (SSSR count). The molecule has 484 valence electrons. The van der Waals surface area contributed by atoms with E-state index in [9.17, 15) is 34.6 Å². The number of benzene rings is 7. The number of carbonyl (C=O) groups excluding carboxylic acids is 5. The van der Waals surface area contributed by atoms with Gasteiger partial charge in [0.25, 0.3) is 0 Å². The first-order valence-electron chi connectivity index (χ1n) is 30.0. The van der Waals surface area contributed by atoms with Crippen molar-refractivity contribution in [1.82, 2.24) is 0 Å². The van der Waals surface area contributed by atoms with Crippen molar-refractivity contribution in [2.45, 2.75) is 119 Å². The summed E-state index contributed by atoms with van der Waals surface area (Å²) in [7, 11) is 1.29. The summed E-state index contributed by atoms with van der Waals surface area (Å²) in [6, 6.07) is 57.5. The standard InChI is InChI=1S/C70H69N3O20/c1-44(75)82-43-54-56(83-40-46-26-12-4-13-27-46)60(89-65(77)49-32-18-7-19-33-49)62(84-41-47-28-14-5-15-29-47)69(87-54)92-58-53(42-81-39-45-24-10-3-11-25-45)86-68(80-2)55(72-73-71)59(58)93-70-63(91-67(79)51-36-22-9-23-37-51)61(90-66(78)50-34-20-8-21-35-50)57(52(38-74)85-70)88-64(76)48-30-16-6-17-31-48/h3-37,52-63,68-70,74H,38-43H2,1-2H3/t52-,53-,54-,55-,56-,57-,58+,59-,60+,61+,62-,63-,68+,69-,70+/m1/s1. The maximum absolute atomic E-state index is 14.6. The van der Waals surface area contributed by atoms with E-state index < -0.39 is 135 Å². The quantitative estimate of drug-likeness (QED) is 0.0165. The number of nitrogens with zero attached hydrogens (tertiary/aromatic N) is 3. The molecule has 0 saturated carbocycles. The zero-order valence-electron chi connectivity index (χ0n) is 50.7. The third-order valence-corrected chi connectivity index (χ3v) is 15.4. The van der Waals surface area contributed by atoms with Gasteiger partial charge in [-0.1, -0.05) is 169 Å². The summed E-state index contributed by atoms with van der Waals surface area (Å²) in [6.07, 6.45) is -22.6. The molecule has 15 atom stereocenters. The zero-order valence-corrected chi connectivity index (χ0v) is 50.7. The molecule has 7 aromatic rings. The SMILES string of the molecule is CO[C@H]1O[C@H](COCc2ccccc2)[C@H](O[C@H]2O[C@H](COC(C)=O)[C@@H](OCc3ccccc3)[C@H](OC(=O)c3ccccc3)[C@H]2OCc2ccccc2)[C@H](O[C@@H]2O[C@H](CO)[C@@H](OC(=O)c3ccccc3)[C@H](OC(=O)c3ccccc3)[C@H]2OC(=O)c2ccccc2)[C@H]1N=[N+]=[N-]. The number of hydrogen-bond donors (Lipinski definition) is 1. The highest BCUT2D eigenvalue weighted by molar-refractivity contribution is 5.91. The lowest BCUT2D eigenvalue weighted by Crippen LogP contribution is -2.68. The Labute approximate surface area is 535 Å². The Bertz CT molecular complexity index is 3550. The van der Waals surface area contributed by atoms with E-state index in [0.717, 1.165) is 11.1 Å². The van der Waals surface area contributed by atoms with Gasteiger partial charge in [0.15, 0.2) is 43.3 Å². The molecule has 0 aliphatic carbocycles. The molecule has 3 saturated heterocycles. The first kappa shape index (κ1) is 66.7. The van der Waals surface area contributed by atoms with Crippen LogP contribution < -0.4 is 0 Å². The average Bonchev–Trinajstić information content (AvgIpc) is 0.804. The van der Waals surface area contributed by atoms with Gasteiger partial charge in [0.05, 0.1) is 55.3 Å². The van der Waals surface area contributed by atoms with E-state index in [0.29, 0.717) is 5.56 Å². The topological polar surface area (TPSA) is 284 Å². The van der Waals surface area contributed by atoms with E-state index in [2.05, 4.69) is 10.0 Å². The minimum atomic E-state index is -1.99. The Morgan fingerprint density at radius 1 is 0.430 bits per heavy atom. The number of carbonyl (C=O) groups is 5. The summed E-state index contributed by atoms with van der Waals surface area (Å²) in [5.74, 6) is -4.37. The Morgan fingerprint density at radius 3 is 1.24 bits per heavy atom. The molecule has 23 heteroatoms. The van der Waals surface area contributed by atoms with E-state index in [-0.39, 0.29) is 48.7 Å². The molecule has 3 fully saturated rings. The third-order valence-electron chi connectivity index (χ3n) is 15.4. The van der Waals surface area contributed by atoms with Gasteiger partial charge in [0.1, 0.15) is 55.4 Å². The largest absolute Gasteiger partial charge is 0.463 e. The van der Waals surface area contributed by atoms with Gasteiger partial charge in [-0.2, -0.15) is 0 Å². The normalized spacial score (nSPS) is 25.9. The lowest BCUT2D eigenvalue weighted by Gasteiger charge is -2.51. The maximum Gasteiger partial charge on any atom is 0.338 e. The van der Waals surface area contributed by atoms with E-state index in [1.165, 1.54) is 50.4 Å². The van der Waals surface area contributed by atoms with Crippen LogP contribution in [0.2, 0.25) is 0 Å². The maximum atomic E-state index is 14.6. The fraction of sp³-hybridized carbons (Fsp3) is 0.329. The Hall–Kier alpha value is -9.20. The lowest BCUT2D eigenvalue weighted by molar-refractivity contribution is -0.376. The zero-order chi connectivity index (χ0) is 64.9. The minimum Gasteiger partial charge on any atom is -0.463 e. The predicted octanol–water partition coefficient (Wildman–Crippen LogP) is 9.10. The highest BCUT2D eigenvalue weighted by Crippen LogP contribution is 2.39. The average molecular weight is 1270 g/mol. The van der Waals surface area contributed by atoms with Crippen LogP contribution in [0.15, 0.2) is 217 Å². The van der Waals surface area contributed by atoms with Crippen molar-refractivity contribution in [2.24, 2.45) is 5.11 Å². The summed E-state index contributed by atoms with van der Waals surface area (Å²) in [6.45, 7) is -0.696. The number of esters is 5. The lowest BCUT2D eigenvalue weighted by atomic mass is 9.94. The van der Waals surface area contributed by atoms with Gasteiger partial charge in [-0.25, -0.2) is 19.2 Å². The molecule has 0 bridgehead atoms. The number of methoxy groups -OCH3 is 1. The molecule has 7 aromatic carbocycles. The molecule has 0 unspecified atom stereocenters. The van der Waals surface area contributed by atoms with Crippen molar-refractivity contribution < 1.29 is 95.4 Å². The second-order valence-corrected chi connectivity index (χ2v) is 21.7. The molecule has 3 aliphatic rings. The van der Waals surface area contributed by atoms with Gasteiger partial charge in [-0.3, -0.25) is 4.79 Å². The minimum absolute atomic E-state index is 0.0219. The van der Waals surface area contributed by atoms with Crippen LogP contribution in [0, 0.1) is 0 Å². The van der Waals surface area contributed by atoms with Gasteiger partial charge in [-0.05, 0) is 70.8 Å². The highest BCUT2D eigenvalue weighted by Gasteiger charge is 2.59. The second kappa shape index (κ2) is 33.4. The Kier molecular flexibility index (Phi) is 24.0. The van der Waals surface area contributed by atoms with Crippen LogP contribution >= 0.6 is 0 Å². The van der Waals surface area contributed by atoms with E-state index in [1.807, 2.05) is 91.0 Å². The first-order chi connectivity index (χ1) is 45.5. The van der Waals surface area contributed by atoms with Crippen LogP contribution in [0.3, 0.4) is 0 Å². The fourth-order valence-electron chi connectivity index (χ4n) is 10.9. The van der Waals surface area contributed by atoms with Gasteiger partial charge in [0, 0.05) is 18.9 Å². The van der Waals surface area contributed by atoms with Crippen molar-refractivity contribution >= 4 is 29.8 Å². The van der Waals surface area contributed by atoms with Crippen molar-refractivity contribution in [3.05, 3.63) is 262 Å². The molecule has 23 nitrogen and oxygen atoms in total. The molecule has 0 aromatic heterocycles. The number of hydrogen-bond acceptors (Lipinski definition) is 21. The van der Waals surface area contributed by atoms with E-state index in [4.69, 9.17) is 66.3 Å². The second-order valence-electron chi connectivity index (χ2n) is 21.7. The Morgan fingerprint density at radius 2 is 0.796 bits per heavy atom. The first-order valence-corrected chi connectivity index (χ1v) is 30.0. The van der Waals surface area contributed by atoms with Crippen molar-refractivity contribution in [2.75, 3.05) is 26.9 Å². The molecule has 0 radical (unpaired) electrons. The van der Waals surface area contributed by atoms with Gasteiger partial charge < -0.3 is 71.4 Å². The summed E-state index contributed by atoms with van der Waals surface area (Å²) < 4.78 is 91.5. The van der Waals surface area contributed by atoms with Crippen LogP contribution in [0.4, 0.5) is 0 Å². The Balaban J connectivity index is 1.12. The number of aliphatic hydroxyl groups is 1. The highest BCUT2D eigenvalue weighted by atomic mass is 16.8. The third kappa shape index (κ3) is 17.7. The van der Waals surface area contributed by atoms with Crippen LogP contribution in [0.25, 0.3) is 10.4 Å². The predicted molar refractivity (Wildman–Crippen MR) is 328 cm³/mol. The van der Waals surface area contributed by atoms with E-state index >= 15 is 0 Å².